The Bertz CT molecular complexity index is 664. The van der Waals surface area contributed by atoms with Gasteiger partial charge in [-0.1, -0.05) is 13.0 Å². The Hall–Kier alpha value is -1.40. The van der Waals surface area contributed by atoms with Crippen LogP contribution in [0.3, 0.4) is 0 Å². The third-order valence-corrected chi connectivity index (χ3v) is 5.45. The van der Waals surface area contributed by atoms with Crippen LogP contribution in [0, 0.1) is 6.92 Å². The first kappa shape index (κ1) is 17.9. The molecule has 0 saturated carbocycles. The lowest BCUT2D eigenvalue weighted by Gasteiger charge is -2.35. The predicted octanol–water partition coefficient (Wildman–Crippen LogP) is 2.00. The van der Waals surface area contributed by atoms with Gasteiger partial charge in [-0.2, -0.15) is 0 Å². The Morgan fingerprint density at radius 3 is 2.52 bits per heavy atom. The summed E-state index contributed by atoms with van der Waals surface area (Å²) < 4.78 is 23.6. The van der Waals surface area contributed by atoms with Gasteiger partial charge in [0.15, 0.2) is 9.84 Å². The lowest BCUT2D eigenvalue weighted by molar-refractivity contribution is 0.0641. The summed E-state index contributed by atoms with van der Waals surface area (Å²) in [6.07, 6.45) is 3.94. The predicted molar refractivity (Wildman–Crippen MR) is 91.5 cm³/mol. The second kappa shape index (κ2) is 7.45. The zero-order valence-electron chi connectivity index (χ0n) is 14.1. The van der Waals surface area contributed by atoms with E-state index in [-0.39, 0.29) is 16.8 Å². The van der Waals surface area contributed by atoms with Crippen molar-refractivity contribution in [1.82, 2.24) is 10.2 Å². The van der Waals surface area contributed by atoms with Gasteiger partial charge in [0.1, 0.15) is 0 Å². The third kappa shape index (κ3) is 4.32. The Labute approximate surface area is 139 Å². The summed E-state index contributed by atoms with van der Waals surface area (Å²) in [5, 5.41) is 3.31. The van der Waals surface area contributed by atoms with Gasteiger partial charge >= 0.3 is 0 Å². The molecule has 0 aliphatic carbocycles. The largest absolute Gasteiger partial charge is 0.336 e. The second-order valence-electron chi connectivity index (χ2n) is 6.23. The van der Waals surface area contributed by atoms with Crippen LogP contribution in [-0.2, 0) is 9.84 Å². The molecular formula is C17H26N2O3S. The van der Waals surface area contributed by atoms with E-state index in [4.69, 9.17) is 0 Å². The van der Waals surface area contributed by atoms with E-state index in [0.29, 0.717) is 12.1 Å². The molecule has 1 aliphatic heterocycles. The molecule has 1 aromatic carbocycles. The van der Waals surface area contributed by atoms with Gasteiger partial charge < -0.3 is 10.2 Å². The number of carbonyl (C=O) groups excluding carboxylic acids is 1. The molecule has 5 nitrogen and oxygen atoms in total. The van der Waals surface area contributed by atoms with Gasteiger partial charge in [-0.15, -0.1) is 0 Å². The molecule has 1 aromatic rings. The first-order chi connectivity index (χ1) is 10.8. The zero-order chi connectivity index (χ0) is 17.0. The van der Waals surface area contributed by atoms with Gasteiger partial charge in [-0.25, -0.2) is 8.42 Å². The molecule has 0 bridgehead atoms. The van der Waals surface area contributed by atoms with Gasteiger partial charge in [0.05, 0.1) is 4.90 Å². The molecule has 0 aromatic heterocycles. The van der Waals surface area contributed by atoms with E-state index in [1.165, 1.54) is 12.3 Å². The van der Waals surface area contributed by atoms with Crippen LogP contribution in [0.1, 0.15) is 42.1 Å². The van der Waals surface area contributed by atoms with Gasteiger partial charge in [0, 0.05) is 24.4 Å². The molecule has 0 radical (unpaired) electrons. The van der Waals surface area contributed by atoms with Crippen LogP contribution >= 0.6 is 0 Å². The number of piperidine rings is 1. The molecule has 1 heterocycles. The van der Waals surface area contributed by atoms with Gasteiger partial charge in [-0.05, 0) is 57.0 Å². The topological polar surface area (TPSA) is 66.5 Å². The van der Waals surface area contributed by atoms with Crippen molar-refractivity contribution < 1.29 is 13.2 Å². The number of benzene rings is 1. The van der Waals surface area contributed by atoms with Crippen LogP contribution in [0.5, 0.6) is 0 Å². The number of amides is 1. The maximum atomic E-state index is 13.0. The second-order valence-corrected chi connectivity index (χ2v) is 8.24. The highest BCUT2D eigenvalue weighted by Gasteiger charge is 2.27. The molecule has 128 valence electrons. The Kier molecular flexibility index (Phi) is 5.81. The van der Waals surface area contributed by atoms with Crippen molar-refractivity contribution in [3.8, 4) is 0 Å². The maximum absolute atomic E-state index is 13.0. The SMILES string of the molecule is CCCN(C(=O)c1cc(S(C)(=O)=O)ccc1C)C1CCNCC1. The fourth-order valence-electron chi connectivity index (χ4n) is 3.03. The molecule has 23 heavy (non-hydrogen) atoms. The quantitative estimate of drug-likeness (QED) is 0.892. The van der Waals surface area contributed by atoms with E-state index in [0.717, 1.165) is 37.9 Å². The lowest BCUT2D eigenvalue weighted by atomic mass is 10.0. The van der Waals surface area contributed by atoms with E-state index in [1.54, 1.807) is 12.1 Å². The first-order valence-electron chi connectivity index (χ1n) is 8.17. The summed E-state index contributed by atoms with van der Waals surface area (Å²) in [5.41, 5.74) is 1.32. The van der Waals surface area contributed by atoms with Crippen molar-refractivity contribution in [2.24, 2.45) is 0 Å². The average Bonchev–Trinajstić information content (AvgIpc) is 2.52. The van der Waals surface area contributed by atoms with E-state index >= 15 is 0 Å². The number of sulfone groups is 1. The Balaban J connectivity index is 2.35. The highest BCUT2D eigenvalue weighted by Crippen LogP contribution is 2.21. The Morgan fingerprint density at radius 1 is 1.30 bits per heavy atom. The van der Waals surface area contributed by atoms with Crippen LogP contribution in [0.15, 0.2) is 23.1 Å². The molecule has 6 heteroatoms. The van der Waals surface area contributed by atoms with Crippen molar-refractivity contribution in [2.45, 2.75) is 44.0 Å². The van der Waals surface area contributed by atoms with Crippen molar-refractivity contribution in [1.29, 1.82) is 0 Å². The van der Waals surface area contributed by atoms with Crippen molar-refractivity contribution in [3.05, 3.63) is 29.3 Å². The van der Waals surface area contributed by atoms with E-state index in [2.05, 4.69) is 12.2 Å². The average molecular weight is 338 g/mol. The van der Waals surface area contributed by atoms with Gasteiger partial charge in [0.25, 0.3) is 5.91 Å². The minimum atomic E-state index is -3.32. The number of hydrogen-bond acceptors (Lipinski definition) is 4. The molecule has 1 aliphatic rings. The normalized spacial score (nSPS) is 16.3. The number of carbonyl (C=O) groups is 1. The third-order valence-electron chi connectivity index (χ3n) is 4.34. The van der Waals surface area contributed by atoms with Crippen LogP contribution in [0.2, 0.25) is 0 Å². The van der Waals surface area contributed by atoms with E-state index < -0.39 is 9.84 Å². The molecule has 1 amide bonds. The van der Waals surface area contributed by atoms with E-state index in [1.807, 2.05) is 11.8 Å². The van der Waals surface area contributed by atoms with Crippen molar-refractivity contribution in [2.75, 3.05) is 25.9 Å². The minimum Gasteiger partial charge on any atom is -0.336 e. The minimum absolute atomic E-state index is 0.0539. The monoisotopic (exact) mass is 338 g/mol. The highest BCUT2D eigenvalue weighted by atomic mass is 32.2. The van der Waals surface area contributed by atoms with Gasteiger partial charge in [0.2, 0.25) is 0 Å². The summed E-state index contributed by atoms with van der Waals surface area (Å²) in [6.45, 7) is 6.44. The number of nitrogens with one attached hydrogen (secondary N) is 1. The molecule has 1 fully saturated rings. The van der Waals surface area contributed by atoms with Crippen LogP contribution in [0.25, 0.3) is 0 Å². The lowest BCUT2D eigenvalue weighted by Crippen LogP contribution is -2.46. The molecule has 2 rings (SSSR count). The molecule has 0 unspecified atom stereocenters. The molecule has 1 N–H and O–H groups in total. The number of rotatable bonds is 5. The number of aryl methyl sites for hydroxylation is 1. The van der Waals surface area contributed by atoms with Crippen LogP contribution in [0.4, 0.5) is 0 Å². The first-order valence-corrected chi connectivity index (χ1v) is 10.1. The van der Waals surface area contributed by atoms with Gasteiger partial charge in [-0.3, -0.25) is 4.79 Å². The van der Waals surface area contributed by atoms with E-state index in [9.17, 15) is 13.2 Å². The smallest absolute Gasteiger partial charge is 0.254 e. The summed E-state index contributed by atoms with van der Waals surface area (Å²) in [5.74, 6) is -0.0539. The molecule has 1 saturated heterocycles. The summed E-state index contributed by atoms with van der Waals surface area (Å²) in [7, 11) is -3.32. The van der Waals surface area contributed by atoms with Crippen LogP contribution < -0.4 is 5.32 Å². The molecule has 0 atom stereocenters. The number of hydrogen-bond donors (Lipinski definition) is 1. The zero-order valence-corrected chi connectivity index (χ0v) is 14.9. The van der Waals surface area contributed by atoms with Crippen molar-refractivity contribution >= 4 is 15.7 Å². The Morgan fingerprint density at radius 2 is 1.96 bits per heavy atom. The fraction of sp³-hybridized carbons (Fsp3) is 0.588. The number of nitrogens with zero attached hydrogens (tertiary/aromatic N) is 1. The fourth-order valence-corrected chi connectivity index (χ4v) is 3.67. The summed E-state index contributed by atoms with van der Waals surface area (Å²) >= 11 is 0. The summed E-state index contributed by atoms with van der Waals surface area (Å²) in [6, 6.07) is 5.04. The highest BCUT2D eigenvalue weighted by molar-refractivity contribution is 7.90. The maximum Gasteiger partial charge on any atom is 0.254 e. The summed E-state index contributed by atoms with van der Waals surface area (Å²) in [4.78, 5) is 15.2. The van der Waals surface area contributed by atoms with Crippen molar-refractivity contribution in [3.63, 3.8) is 0 Å². The molecule has 0 spiro atoms. The van der Waals surface area contributed by atoms with Crippen LogP contribution in [-0.4, -0.2) is 51.2 Å². The standard InChI is InChI=1S/C17H26N2O3S/c1-4-11-19(14-7-9-18-10-8-14)17(20)16-12-15(23(3,21)22)6-5-13(16)2/h5-6,12,14,18H,4,7-11H2,1-3H3. The molecular weight excluding hydrogens is 312 g/mol.